The zero-order valence-corrected chi connectivity index (χ0v) is 11.5. The van der Waals surface area contributed by atoms with Gasteiger partial charge in [-0.2, -0.15) is 0 Å². The topological polar surface area (TPSA) is 43.1 Å². The normalized spacial score (nSPS) is 12.3. The molecule has 2 N–H and O–H groups in total. The first-order valence-electron chi connectivity index (χ1n) is 6.11. The fourth-order valence-electron chi connectivity index (χ4n) is 1.80. The molecule has 2 aromatic carbocycles. The third kappa shape index (κ3) is 3.41. The lowest BCUT2D eigenvalue weighted by atomic mass is 10.1. The summed E-state index contributed by atoms with van der Waals surface area (Å²) in [5, 5.41) is 0. The summed E-state index contributed by atoms with van der Waals surface area (Å²) in [7, 11) is -1.39. The Kier molecular flexibility index (Phi) is 4.32. The summed E-state index contributed by atoms with van der Waals surface area (Å²) in [4.78, 5) is 0.203. The minimum atomic E-state index is -1.39. The highest BCUT2D eigenvalue weighted by Gasteiger charge is 2.11. The summed E-state index contributed by atoms with van der Waals surface area (Å²) in [6, 6.07) is 12.1. The van der Waals surface area contributed by atoms with Gasteiger partial charge in [-0.05, 0) is 35.7 Å². The lowest BCUT2D eigenvalue weighted by molar-refractivity contribution is 0.596. The van der Waals surface area contributed by atoms with Crippen LogP contribution >= 0.6 is 0 Å². The van der Waals surface area contributed by atoms with Gasteiger partial charge in [0, 0.05) is 5.69 Å². The van der Waals surface area contributed by atoms with E-state index < -0.39 is 16.6 Å². The van der Waals surface area contributed by atoms with Crippen LogP contribution in [0.4, 0.5) is 10.1 Å². The van der Waals surface area contributed by atoms with E-state index in [0.29, 0.717) is 11.4 Å². The van der Waals surface area contributed by atoms with Crippen molar-refractivity contribution in [3.8, 4) is 0 Å². The molecule has 0 aliphatic rings. The summed E-state index contributed by atoms with van der Waals surface area (Å²) in [6.07, 6.45) is 0.968. The largest absolute Gasteiger partial charge is 0.399 e. The van der Waals surface area contributed by atoms with Crippen molar-refractivity contribution < 1.29 is 8.60 Å². The lowest BCUT2D eigenvalue weighted by Crippen LogP contribution is -2.00. The van der Waals surface area contributed by atoms with Crippen LogP contribution in [0.5, 0.6) is 0 Å². The molecule has 0 saturated heterocycles. The molecule has 0 spiro atoms. The molecule has 0 amide bonds. The van der Waals surface area contributed by atoms with Crippen LogP contribution in [-0.2, 0) is 23.0 Å². The van der Waals surface area contributed by atoms with Crippen LogP contribution in [0.2, 0.25) is 0 Å². The monoisotopic (exact) mass is 277 g/mol. The first-order valence-corrected chi connectivity index (χ1v) is 7.43. The average molecular weight is 277 g/mol. The number of hydrogen-bond acceptors (Lipinski definition) is 2. The smallest absolute Gasteiger partial charge is 0.141 e. The minimum Gasteiger partial charge on any atom is -0.399 e. The molecule has 4 heteroatoms. The Bertz CT molecular complexity index is 596. The summed E-state index contributed by atoms with van der Waals surface area (Å²) >= 11 is 0. The van der Waals surface area contributed by atoms with Gasteiger partial charge in [0.2, 0.25) is 0 Å². The molecule has 0 aliphatic carbocycles. The van der Waals surface area contributed by atoms with E-state index in [1.165, 1.54) is 17.7 Å². The van der Waals surface area contributed by atoms with Gasteiger partial charge >= 0.3 is 0 Å². The molecular formula is C15H16FNOS. The van der Waals surface area contributed by atoms with Crippen LogP contribution in [0.1, 0.15) is 18.1 Å². The van der Waals surface area contributed by atoms with Crippen LogP contribution in [0, 0.1) is 5.82 Å². The number of halogens is 1. The van der Waals surface area contributed by atoms with E-state index in [2.05, 4.69) is 6.92 Å². The molecule has 19 heavy (non-hydrogen) atoms. The number of nitrogen functional groups attached to an aromatic ring is 1. The molecule has 0 saturated carbocycles. The number of anilines is 1. The Morgan fingerprint density at radius 3 is 2.32 bits per heavy atom. The van der Waals surface area contributed by atoms with Gasteiger partial charge < -0.3 is 5.73 Å². The van der Waals surface area contributed by atoms with Gasteiger partial charge in [0.25, 0.3) is 0 Å². The van der Waals surface area contributed by atoms with Crippen LogP contribution in [0.3, 0.4) is 0 Å². The molecule has 0 bridgehead atoms. The van der Waals surface area contributed by atoms with Crippen molar-refractivity contribution in [2.75, 3.05) is 5.73 Å². The van der Waals surface area contributed by atoms with Crippen LogP contribution < -0.4 is 5.73 Å². The fourth-order valence-corrected chi connectivity index (χ4v) is 2.95. The first-order chi connectivity index (χ1) is 9.10. The molecular weight excluding hydrogens is 261 g/mol. The number of benzene rings is 2. The highest BCUT2D eigenvalue weighted by molar-refractivity contribution is 7.84. The van der Waals surface area contributed by atoms with E-state index in [0.717, 1.165) is 12.0 Å². The Labute approximate surface area is 114 Å². The Morgan fingerprint density at radius 1 is 1.11 bits per heavy atom. The van der Waals surface area contributed by atoms with E-state index in [1.54, 1.807) is 6.07 Å². The second kappa shape index (κ2) is 5.97. The van der Waals surface area contributed by atoms with Gasteiger partial charge in [-0.15, -0.1) is 0 Å². The number of rotatable bonds is 4. The van der Waals surface area contributed by atoms with E-state index >= 15 is 0 Å². The van der Waals surface area contributed by atoms with Gasteiger partial charge in [0.15, 0.2) is 0 Å². The predicted octanol–water partition coefficient (Wildman–Crippen LogP) is 3.28. The van der Waals surface area contributed by atoms with Gasteiger partial charge in [-0.25, -0.2) is 4.39 Å². The van der Waals surface area contributed by atoms with Crippen LogP contribution in [0.15, 0.2) is 47.4 Å². The maximum Gasteiger partial charge on any atom is 0.141 e. The summed E-state index contributed by atoms with van der Waals surface area (Å²) in [6.45, 7) is 2.08. The second-order valence-electron chi connectivity index (χ2n) is 4.35. The summed E-state index contributed by atoms with van der Waals surface area (Å²) in [5.41, 5.74) is 7.98. The van der Waals surface area contributed by atoms with Gasteiger partial charge in [0.1, 0.15) is 5.82 Å². The molecule has 100 valence electrons. The van der Waals surface area contributed by atoms with Gasteiger partial charge in [-0.1, -0.05) is 31.2 Å². The maximum absolute atomic E-state index is 13.6. The highest BCUT2D eigenvalue weighted by atomic mass is 32.2. The van der Waals surface area contributed by atoms with Crippen molar-refractivity contribution in [3.05, 3.63) is 59.4 Å². The molecule has 0 fully saturated rings. The standard InChI is InChI=1S/C15H16FNOS/c1-2-11-3-5-12(6-4-11)10-19(18)15-8-7-13(17)9-14(15)16/h3-9H,2,10,17H2,1H3. The molecule has 1 atom stereocenters. The van der Waals surface area contributed by atoms with Crippen molar-refractivity contribution in [1.82, 2.24) is 0 Å². The summed E-state index contributed by atoms with van der Waals surface area (Å²) in [5.74, 6) is -0.200. The van der Waals surface area contributed by atoms with Crippen molar-refractivity contribution in [1.29, 1.82) is 0 Å². The third-order valence-corrected chi connectivity index (χ3v) is 4.35. The number of hydrogen-bond donors (Lipinski definition) is 1. The molecule has 2 rings (SSSR count). The average Bonchev–Trinajstić information content (AvgIpc) is 2.39. The number of aryl methyl sites for hydroxylation is 1. The second-order valence-corrected chi connectivity index (χ2v) is 5.77. The predicted molar refractivity (Wildman–Crippen MR) is 76.7 cm³/mol. The lowest BCUT2D eigenvalue weighted by Gasteiger charge is -2.05. The van der Waals surface area contributed by atoms with Gasteiger partial charge in [-0.3, -0.25) is 4.21 Å². The van der Waals surface area contributed by atoms with Crippen molar-refractivity contribution >= 4 is 16.5 Å². The Morgan fingerprint density at radius 2 is 1.74 bits per heavy atom. The molecule has 0 radical (unpaired) electrons. The Hall–Kier alpha value is -1.68. The van der Waals surface area contributed by atoms with Crippen molar-refractivity contribution in [2.24, 2.45) is 0 Å². The minimum absolute atomic E-state index is 0.203. The van der Waals surface area contributed by atoms with Crippen molar-refractivity contribution in [3.63, 3.8) is 0 Å². The molecule has 1 unspecified atom stereocenters. The molecule has 2 aromatic rings. The van der Waals surface area contributed by atoms with Crippen molar-refractivity contribution in [2.45, 2.75) is 24.0 Å². The highest BCUT2D eigenvalue weighted by Crippen LogP contribution is 2.18. The summed E-state index contributed by atoms with van der Waals surface area (Å²) < 4.78 is 25.8. The first kappa shape index (κ1) is 13.7. The molecule has 0 aliphatic heterocycles. The zero-order valence-electron chi connectivity index (χ0n) is 10.7. The van der Waals surface area contributed by atoms with E-state index in [1.807, 2.05) is 24.3 Å². The van der Waals surface area contributed by atoms with E-state index in [4.69, 9.17) is 5.73 Å². The van der Waals surface area contributed by atoms with E-state index in [-0.39, 0.29) is 4.90 Å². The SMILES string of the molecule is CCc1ccc(CS(=O)c2ccc(N)cc2F)cc1. The third-order valence-electron chi connectivity index (χ3n) is 2.93. The van der Waals surface area contributed by atoms with Crippen LogP contribution in [-0.4, -0.2) is 4.21 Å². The molecule has 0 heterocycles. The molecule has 0 aromatic heterocycles. The van der Waals surface area contributed by atoms with E-state index in [9.17, 15) is 8.60 Å². The quantitative estimate of drug-likeness (QED) is 0.872. The maximum atomic E-state index is 13.6. The zero-order chi connectivity index (χ0) is 13.8. The molecule has 2 nitrogen and oxygen atoms in total. The Balaban J connectivity index is 2.15. The number of nitrogens with two attached hydrogens (primary N) is 1. The van der Waals surface area contributed by atoms with Crippen LogP contribution in [0.25, 0.3) is 0 Å². The van der Waals surface area contributed by atoms with Gasteiger partial charge in [0.05, 0.1) is 21.4 Å². The fraction of sp³-hybridized carbons (Fsp3) is 0.200.